The molecule has 184 valence electrons. The van der Waals surface area contributed by atoms with Gasteiger partial charge in [0.1, 0.15) is 5.75 Å². The van der Waals surface area contributed by atoms with Crippen molar-refractivity contribution < 1.29 is 17.9 Å². The topological polar surface area (TPSA) is 40.1 Å². The predicted octanol–water partition coefficient (Wildman–Crippen LogP) is 4.98. The van der Waals surface area contributed by atoms with Gasteiger partial charge < -0.3 is 15.0 Å². The summed E-state index contributed by atoms with van der Waals surface area (Å²) in [7, 11) is 1.66. The van der Waals surface area contributed by atoms with Gasteiger partial charge in [-0.2, -0.15) is 13.2 Å². The number of halogens is 4. The molecule has 1 N–H and O–H groups in total. The fourth-order valence-electron chi connectivity index (χ4n) is 3.99. The van der Waals surface area contributed by atoms with E-state index in [0.29, 0.717) is 25.6 Å². The molecule has 1 saturated heterocycles. The van der Waals surface area contributed by atoms with Gasteiger partial charge in [-0.1, -0.05) is 26.0 Å². The Hall–Kier alpha value is -1.23. The summed E-state index contributed by atoms with van der Waals surface area (Å²) in [5, 5.41) is 3.35. The van der Waals surface area contributed by atoms with Crippen LogP contribution in [-0.2, 0) is 0 Å². The van der Waals surface area contributed by atoms with Crippen LogP contribution in [0.25, 0.3) is 0 Å². The fourth-order valence-corrected chi connectivity index (χ4v) is 3.99. The molecule has 9 heteroatoms. The summed E-state index contributed by atoms with van der Waals surface area (Å²) >= 11 is 0. The third-order valence-corrected chi connectivity index (χ3v) is 5.80. The van der Waals surface area contributed by atoms with Crippen LogP contribution in [0.3, 0.4) is 0 Å². The first-order valence-electron chi connectivity index (χ1n) is 11.2. The standard InChI is InChI=1S/C23H37F3N4O.HI/c1-5-27-22(28-13-11-18(3)20-7-9-21(31-4)10-8-20)30-14-12-19(16-30)15-29(6-2)17-23(24,25)26;/h7-10,18-19H,5-6,11-17H2,1-4H3,(H,27,28);1H. The second kappa shape index (κ2) is 14.1. The summed E-state index contributed by atoms with van der Waals surface area (Å²) in [6.07, 6.45) is -2.33. The molecule has 2 rings (SSSR count). The van der Waals surface area contributed by atoms with Gasteiger partial charge in [-0.15, -0.1) is 24.0 Å². The number of methoxy groups -OCH3 is 1. The van der Waals surface area contributed by atoms with Crippen LogP contribution in [0, 0.1) is 5.92 Å². The van der Waals surface area contributed by atoms with E-state index in [0.717, 1.165) is 44.2 Å². The van der Waals surface area contributed by atoms with Gasteiger partial charge in [-0.05, 0) is 55.8 Å². The number of rotatable bonds is 10. The van der Waals surface area contributed by atoms with Crippen LogP contribution in [0.5, 0.6) is 5.75 Å². The fraction of sp³-hybridized carbons (Fsp3) is 0.696. The smallest absolute Gasteiger partial charge is 0.401 e. The molecule has 0 radical (unpaired) electrons. The molecule has 1 fully saturated rings. The van der Waals surface area contributed by atoms with E-state index in [4.69, 9.17) is 9.73 Å². The molecular weight excluding hydrogens is 532 g/mol. The normalized spacial score (nSPS) is 17.9. The van der Waals surface area contributed by atoms with E-state index in [1.807, 2.05) is 19.1 Å². The second-order valence-electron chi connectivity index (χ2n) is 8.24. The van der Waals surface area contributed by atoms with Crippen LogP contribution in [-0.4, -0.2) is 74.9 Å². The third kappa shape index (κ3) is 9.72. The Bertz CT molecular complexity index is 685. The molecule has 0 bridgehead atoms. The lowest BCUT2D eigenvalue weighted by Crippen LogP contribution is -2.42. The number of nitrogens with one attached hydrogen (secondary N) is 1. The molecule has 1 aliphatic heterocycles. The highest BCUT2D eigenvalue weighted by molar-refractivity contribution is 14.0. The van der Waals surface area contributed by atoms with E-state index >= 15 is 0 Å². The number of nitrogens with zero attached hydrogens (tertiary/aromatic N) is 3. The van der Waals surface area contributed by atoms with E-state index in [9.17, 15) is 13.2 Å². The maximum Gasteiger partial charge on any atom is 0.401 e. The van der Waals surface area contributed by atoms with Crippen LogP contribution < -0.4 is 10.1 Å². The molecule has 1 aromatic rings. The number of guanidine groups is 1. The number of benzene rings is 1. The number of hydrogen-bond donors (Lipinski definition) is 1. The van der Waals surface area contributed by atoms with Crippen molar-refractivity contribution >= 4 is 29.9 Å². The Morgan fingerprint density at radius 2 is 1.97 bits per heavy atom. The Labute approximate surface area is 207 Å². The SMILES string of the molecule is CCNC(=NCCC(C)c1ccc(OC)cc1)N1CCC(CN(CC)CC(F)(F)F)C1.I. The zero-order valence-electron chi connectivity index (χ0n) is 19.6. The van der Waals surface area contributed by atoms with Crippen molar-refractivity contribution in [2.45, 2.75) is 45.7 Å². The van der Waals surface area contributed by atoms with Gasteiger partial charge >= 0.3 is 6.18 Å². The minimum Gasteiger partial charge on any atom is -0.497 e. The minimum absolute atomic E-state index is 0. The Kier molecular flexibility index (Phi) is 12.7. The van der Waals surface area contributed by atoms with E-state index < -0.39 is 12.7 Å². The van der Waals surface area contributed by atoms with Crippen LogP contribution in [0.15, 0.2) is 29.3 Å². The lowest BCUT2D eigenvalue weighted by Gasteiger charge is -2.26. The molecule has 1 aromatic carbocycles. The van der Waals surface area contributed by atoms with Gasteiger partial charge in [0.25, 0.3) is 0 Å². The first kappa shape index (κ1) is 28.8. The first-order valence-corrected chi connectivity index (χ1v) is 11.2. The number of alkyl halides is 3. The quantitative estimate of drug-likeness (QED) is 0.245. The zero-order chi connectivity index (χ0) is 22.9. The number of aliphatic imine (C=N–C) groups is 1. The molecular formula is C23H38F3IN4O. The average molecular weight is 570 g/mol. The van der Waals surface area contributed by atoms with Crippen LogP contribution in [0.4, 0.5) is 13.2 Å². The molecule has 0 amide bonds. The Balaban J connectivity index is 0.00000512. The molecule has 1 aliphatic rings. The molecule has 0 aromatic heterocycles. The average Bonchev–Trinajstić information content (AvgIpc) is 3.20. The lowest BCUT2D eigenvalue weighted by molar-refractivity contribution is -0.146. The maximum atomic E-state index is 12.7. The molecule has 32 heavy (non-hydrogen) atoms. The molecule has 0 aliphatic carbocycles. The maximum absolute atomic E-state index is 12.7. The first-order chi connectivity index (χ1) is 14.8. The third-order valence-electron chi connectivity index (χ3n) is 5.80. The molecule has 2 atom stereocenters. The van der Waals surface area contributed by atoms with E-state index in [1.165, 1.54) is 10.5 Å². The van der Waals surface area contributed by atoms with Crippen molar-refractivity contribution in [1.29, 1.82) is 0 Å². The highest BCUT2D eigenvalue weighted by atomic mass is 127. The van der Waals surface area contributed by atoms with Gasteiger partial charge in [0.2, 0.25) is 0 Å². The summed E-state index contributed by atoms with van der Waals surface area (Å²) in [5.74, 6) is 2.32. The van der Waals surface area contributed by atoms with E-state index in [1.54, 1.807) is 14.0 Å². The number of ether oxygens (including phenoxy) is 1. The van der Waals surface area contributed by atoms with Crippen molar-refractivity contribution in [3.8, 4) is 5.75 Å². The van der Waals surface area contributed by atoms with Crippen molar-refractivity contribution in [1.82, 2.24) is 15.1 Å². The number of hydrogen-bond acceptors (Lipinski definition) is 3. The molecule has 2 unspecified atom stereocenters. The predicted molar refractivity (Wildman–Crippen MR) is 135 cm³/mol. The zero-order valence-corrected chi connectivity index (χ0v) is 22.0. The Morgan fingerprint density at radius 3 is 2.53 bits per heavy atom. The molecule has 0 saturated carbocycles. The van der Waals surface area contributed by atoms with Gasteiger partial charge in [0.15, 0.2) is 5.96 Å². The minimum atomic E-state index is -4.15. The Morgan fingerprint density at radius 1 is 1.28 bits per heavy atom. The van der Waals surface area contributed by atoms with Gasteiger partial charge in [-0.3, -0.25) is 9.89 Å². The molecule has 1 heterocycles. The lowest BCUT2D eigenvalue weighted by atomic mass is 9.98. The van der Waals surface area contributed by atoms with Crippen LogP contribution >= 0.6 is 24.0 Å². The molecule has 5 nitrogen and oxygen atoms in total. The van der Waals surface area contributed by atoms with Gasteiger partial charge in [0.05, 0.1) is 13.7 Å². The van der Waals surface area contributed by atoms with E-state index in [2.05, 4.69) is 29.3 Å². The van der Waals surface area contributed by atoms with Crippen LogP contribution in [0.1, 0.15) is 45.1 Å². The monoisotopic (exact) mass is 570 g/mol. The largest absolute Gasteiger partial charge is 0.497 e. The number of likely N-dealkylation sites (tertiary alicyclic amines) is 1. The second-order valence-corrected chi connectivity index (χ2v) is 8.24. The van der Waals surface area contributed by atoms with Gasteiger partial charge in [-0.25, -0.2) is 0 Å². The summed E-state index contributed by atoms with van der Waals surface area (Å²) < 4.78 is 43.5. The molecule has 0 spiro atoms. The summed E-state index contributed by atoms with van der Waals surface area (Å²) in [6, 6.07) is 8.12. The summed E-state index contributed by atoms with van der Waals surface area (Å²) in [6.45, 7) is 9.10. The van der Waals surface area contributed by atoms with Crippen molar-refractivity contribution in [2.24, 2.45) is 10.9 Å². The van der Waals surface area contributed by atoms with Crippen molar-refractivity contribution in [3.63, 3.8) is 0 Å². The van der Waals surface area contributed by atoms with Crippen molar-refractivity contribution in [3.05, 3.63) is 29.8 Å². The van der Waals surface area contributed by atoms with Crippen molar-refractivity contribution in [2.75, 3.05) is 52.9 Å². The highest BCUT2D eigenvalue weighted by Crippen LogP contribution is 2.23. The van der Waals surface area contributed by atoms with E-state index in [-0.39, 0.29) is 29.9 Å². The van der Waals surface area contributed by atoms with Gasteiger partial charge in [0, 0.05) is 32.7 Å². The van der Waals surface area contributed by atoms with Crippen LogP contribution in [0.2, 0.25) is 0 Å². The summed E-state index contributed by atoms with van der Waals surface area (Å²) in [5.41, 5.74) is 1.26. The summed E-state index contributed by atoms with van der Waals surface area (Å²) in [4.78, 5) is 8.48. The highest BCUT2D eigenvalue weighted by Gasteiger charge is 2.33.